The van der Waals surface area contributed by atoms with Crippen LogP contribution in [0.5, 0.6) is 0 Å². The predicted octanol–water partition coefficient (Wildman–Crippen LogP) is 14.5. The van der Waals surface area contributed by atoms with E-state index in [0.717, 1.165) is 36.1 Å². The van der Waals surface area contributed by atoms with E-state index in [1.807, 2.05) is 202 Å². The van der Waals surface area contributed by atoms with Gasteiger partial charge in [0.1, 0.15) is 17.2 Å². The maximum absolute atomic E-state index is 12.8. The zero-order chi connectivity index (χ0) is 70.4. The van der Waals surface area contributed by atoms with Gasteiger partial charge in [0, 0.05) is 16.7 Å². The van der Waals surface area contributed by atoms with Crippen LogP contribution in [0.1, 0.15) is 164 Å². The Kier molecular flexibility index (Phi) is 61.0. The van der Waals surface area contributed by atoms with Gasteiger partial charge in [-0.15, -0.1) is 10.1 Å². The SMILES string of the molecule is C.CC.CC.CC.CC.CC.CC.CC(C)(C)OC(=O)NNc1ccccc1.CPc1cccc(-c2nn(-c3ccccc3)c(=O)[nH]2)c1.CPc1cccc(C(=O)N=C=O)c1.CPc1cccc(C(=O)NC(=O)C(NC(=O)OC(C)(C)C)c2ccccc2)c1.I[I-]I. The van der Waals surface area contributed by atoms with Crippen LogP contribution in [0.15, 0.2) is 174 Å². The van der Waals surface area contributed by atoms with Gasteiger partial charge in [0.25, 0.3) is 17.7 Å². The molecule has 5 N–H and O–H groups in total. The number of benzene rings is 6. The maximum atomic E-state index is 12.8. The number of amides is 5. The first-order valence-electron chi connectivity index (χ1n) is 29.9. The van der Waals surface area contributed by atoms with Crippen LogP contribution in [0.4, 0.5) is 15.3 Å². The van der Waals surface area contributed by atoms with Gasteiger partial charge in [-0.2, -0.15) is 4.68 Å². The van der Waals surface area contributed by atoms with Crippen molar-refractivity contribution in [1.29, 1.82) is 0 Å². The van der Waals surface area contributed by atoms with Crippen LogP contribution < -0.4 is 56.3 Å². The van der Waals surface area contributed by atoms with Gasteiger partial charge in [0.15, 0.2) is 5.82 Å². The van der Waals surface area contributed by atoms with Crippen molar-refractivity contribution in [3.8, 4) is 17.1 Å². The number of ether oxygens (including phenoxy) is 2. The molecule has 6 aromatic carbocycles. The molecule has 0 radical (unpaired) electrons. The third kappa shape index (κ3) is 43.2. The molecule has 0 aliphatic carbocycles. The van der Waals surface area contributed by atoms with Crippen molar-refractivity contribution in [2.45, 2.75) is 149 Å². The number of halogens is 3. The Bertz CT molecular complexity index is 3160. The number of carbonyl (C=O) groups is 5. The number of alkyl carbamates (subject to hydrolysis) is 1. The van der Waals surface area contributed by atoms with Gasteiger partial charge in [-0.05, 0) is 138 Å². The number of carbonyl (C=O) groups excluding carboxylic acids is 6. The minimum atomic E-state index is -1.06. The van der Waals surface area contributed by atoms with Crippen molar-refractivity contribution < 1.29 is 51.5 Å². The van der Waals surface area contributed by atoms with E-state index in [1.165, 1.54) is 16.1 Å². The Labute approximate surface area is 585 Å². The number of nitrogens with zero attached hydrogens (tertiary/aromatic N) is 3. The number of imide groups is 1. The first-order valence-corrected chi connectivity index (χ1v) is 47.0. The number of anilines is 1. The van der Waals surface area contributed by atoms with Crippen LogP contribution in [-0.2, 0) is 19.1 Å². The van der Waals surface area contributed by atoms with E-state index < -0.39 is 47.2 Å². The quantitative estimate of drug-likeness (QED) is 0.0254. The Balaban J connectivity index is -0.000000350. The van der Waals surface area contributed by atoms with Crippen molar-refractivity contribution in [3.05, 3.63) is 191 Å². The van der Waals surface area contributed by atoms with Gasteiger partial charge in [-0.1, -0.05) is 225 Å². The number of aromatic amines is 1. The topological polar surface area (TPSA) is 232 Å². The van der Waals surface area contributed by atoms with E-state index in [-0.39, 0.29) is 13.1 Å². The monoisotopic (exact) mass is 1660 g/mol. The number of nitrogens with one attached hydrogen (secondary N) is 5. The molecular formula is C69H103I3N8O9P3-. The van der Waals surface area contributed by atoms with Crippen molar-refractivity contribution in [1.82, 2.24) is 30.8 Å². The molecule has 7 aromatic rings. The number of hydrazine groups is 1. The molecule has 4 unspecified atom stereocenters. The van der Waals surface area contributed by atoms with Crippen molar-refractivity contribution in [2.75, 3.05) is 25.4 Å². The summed E-state index contributed by atoms with van der Waals surface area (Å²) in [6, 6.07) is 48.6. The summed E-state index contributed by atoms with van der Waals surface area (Å²) in [6.45, 7) is 40.8. The van der Waals surface area contributed by atoms with E-state index >= 15 is 0 Å². The molecule has 0 fully saturated rings. The summed E-state index contributed by atoms with van der Waals surface area (Å²) in [5.74, 6) is -1.09. The number of H-pyrrole nitrogens is 1. The summed E-state index contributed by atoms with van der Waals surface area (Å²) in [5, 5.41) is 12.6. The second kappa shape index (κ2) is 59.0. The van der Waals surface area contributed by atoms with Crippen molar-refractivity contribution in [2.24, 2.45) is 4.99 Å². The van der Waals surface area contributed by atoms with Crippen LogP contribution in [0.2, 0.25) is 0 Å². The Morgan fingerprint density at radius 1 is 0.587 bits per heavy atom. The van der Waals surface area contributed by atoms with Crippen LogP contribution in [0.3, 0.4) is 0 Å². The number of aromatic nitrogens is 3. The van der Waals surface area contributed by atoms with E-state index in [2.05, 4.69) is 92.6 Å². The summed E-state index contributed by atoms with van der Waals surface area (Å²) in [5.41, 5.74) is 7.64. The second-order valence-electron chi connectivity index (χ2n) is 18.0. The third-order valence-electron chi connectivity index (χ3n) is 9.78. The molecule has 7 rings (SSSR count). The first-order chi connectivity index (χ1) is 43.6. The normalized spacial score (nSPS) is 9.99. The fourth-order valence-electron chi connectivity index (χ4n) is 6.33. The molecular weight excluding hydrogens is 1560 g/mol. The van der Waals surface area contributed by atoms with Crippen molar-refractivity contribution in [3.63, 3.8) is 0 Å². The Morgan fingerprint density at radius 3 is 1.46 bits per heavy atom. The molecule has 510 valence electrons. The van der Waals surface area contributed by atoms with Crippen LogP contribution >= 0.6 is 63.0 Å². The van der Waals surface area contributed by atoms with Gasteiger partial charge >= 0.3 is 68.4 Å². The standard InChI is InChI=1S/C21H25N2O4P.C15H14N3OP.C11H16N2O2.C9H8NO2P.6C2H6.CH4.I3/c1-21(2,3)27-20(26)22-17(14-9-6-5-7-10-14)19(25)23-18(24)15-11-8-12-16(13-15)28-4;1-20-13-9-5-6-11(10-13)14-16-15(19)18(17-14)12-7-3-2-4-8-12;1-11(2,3)15-10(14)13-12-9-7-5-4-6-8-9;1-13-8-4-2-3-7(5-8)9(12)10-6-11;6*1-2;;1-3-2/h5-13,17,28H,1-4H3,(H,22,26)(H,23,24,25);2-10,20H,1H3,(H,16,17,19);4-8,12H,1-3H3,(H,13,14);2-5,13H,1H3;6*1-2H3;1H4;/q;;;;;;;;;;;-1. The molecule has 4 atom stereocenters. The van der Waals surface area contributed by atoms with Gasteiger partial charge in [0.05, 0.1) is 11.4 Å². The Morgan fingerprint density at radius 2 is 1.00 bits per heavy atom. The summed E-state index contributed by atoms with van der Waals surface area (Å²) in [7, 11) is 1.89. The summed E-state index contributed by atoms with van der Waals surface area (Å²) < 4.78 is 11.7. The molecule has 17 nitrogen and oxygen atoms in total. The average Bonchev–Trinajstić information content (AvgIpc) is 1.66. The van der Waals surface area contributed by atoms with E-state index in [9.17, 15) is 33.6 Å². The number of para-hydroxylation sites is 2. The first kappa shape index (κ1) is 95.0. The molecule has 0 saturated carbocycles. The molecule has 0 bridgehead atoms. The zero-order valence-electron chi connectivity index (χ0n) is 56.8. The van der Waals surface area contributed by atoms with Crippen LogP contribution in [-0.4, -0.2) is 81.9 Å². The molecule has 0 spiro atoms. The van der Waals surface area contributed by atoms with Gasteiger partial charge in [-0.25, -0.2) is 24.6 Å². The molecule has 0 aliphatic heterocycles. The number of hydrogen-bond acceptors (Lipinski definition) is 11. The fraction of sp³-hybridized carbons (Fsp3) is 0.362. The van der Waals surface area contributed by atoms with Crippen LogP contribution in [0, 0.1) is 0 Å². The number of aliphatic imine (C=N–C) groups is 1. The summed E-state index contributed by atoms with van der Waals surface area (Å²) in [6.07, 6.45) is -0.000803. The third-order valence-corrected chi connectivity index (χ3v) is 12.4. The molecule has 1 aromatic heterocycles. The molecule has 1 heterocycles. The molecule has 0 aliphatic rings. The van der Waals surface area contributed by atoms with E-state index in [4.69, 9.17) is 9.47 Å². The number of hydrogen-bond donors (Lipinski definition) is 5. The number of rotatable bonds is 12. The van der Waals surface area contributed by atoms with Gasteiger partial charge in [0.2, 0.25) is 6.08 Å². The molecule has 5 amide bonds. The fourth-order valence-corrected chi connectivity index (χ4v) is 8.01. The van der Waals surface area contributed by atoms with Crippen molar-refractivity contribution >= 4 is 121 Å². The Hall–Kier alpha value is -5.73. The van der Waals surface area contributed by atoms with E-state index in [1.54, 1.807) is 87.5 Å². The predicted molar refractivity (Wildman–Crippen MR) is 410 cm³/mol. The molecule has 0 saturated heterocycles. The average molecular weight is 1660 g/mol. The van der Waals surface area contributed by atoms with E-state index in [0.29, 0.717) is 52.9 Å². The summed E-state index contributed by atoms with van der Waals surface area (Å²) in [4.78, 5) is 87.5. The van der Waals surface area contributed by atoms with Gasteiger partial charge < -0.3 is 14.8 Å². The second-order valence-corrected chi connectivity index (χ2v) is 37.5. The molecule has 23 heteroatoms. The minimum absolute atomic E-state index is 0. The zero-order valence-corrected chi connectivity index (χ0v) is 66.3. The summed E-state index contributed by atoms with van der Waals surface area (Å²) >= 11 is 5.30. The molecule has 92 heavy (non-hydrogen) atoms. The van der Waals surface area contributed by atoms with Crippen LogP contribution in [0.25, 0.3) is 17.1 Å². The van der Waals surface area contributed by atoms with Gasteiger partial charge in [-0.3, -0.25) is 30.1 Å². The number of isocyanates is 1.